The molecule has 0 aromatic heterocycles. The average Bonchev–Trinajstić information content (AvgIpc) is 2.74. The number of hydrogen-bond donors (Lipinski definition) is 1. The maximum atomic E-state index is 12.9. The van der Waals surface area contributed by atoms with Crippen molar-refractivity contribution in [2.24, 2.45) is 0 Å². The second-order valence-corrected chi connectivity index (χ2v) is 10.2. The van der Waals surface area contributed by atoms with Crippen LogP contribution in [0.25, 0.3) is 0 Å². The molecule has 4 rings (SSSR count). The molecule has 2 aliphatic heterocycles. The fourth-order valence-electron chi connectivity index (χ4n) is 4.32. The molecule has 0 amide bonds. The van der Waals surface area contributed by atoms with E-state index < -0.39 is 15.6 Å². The van der Waals surface area contributed by atoms with Crippen molar-refractivity contribution in [1.82, 2.24) is 9.62 Å². The number of Topliss-reactive ketones (excluding diaryl/α,β-unsaturated/α-hetero) is 1. The van der Waals surface area contributed by atoms with Gasteiger partial charge in [-0.25, -0.2) is 13.1 Å². The summed E-state index contributed by atoms with van der Waals surface area (Å²) in [4.78, 5) is 15.3. The monoisotopic (exact) mass is 464 g/mol. The Morgan fingerprint density at radius 2 is 1.77 bits per heavy atom. The van der Waals surface area contributed by atoms with Crippen molar-refractivity contribution in [2.75, 3.05) is 26.7 Å². The van der Waals surface area contributed by atoms with Crippen molar-refractivity contribution in [1.29, 1.82) is 0 Å². The lowest BCUT2D eigenvalue weighted by Crippen LogP contribution is -2.51. The number of likely N-dealkylation sites (tertiary alicyclic amines) is 1. The van der Waals surface area contributed by atoms with Crippen LogP contribution in [0, 0.1) is 0 Å². The van der Waals surface area contributed by atoms with Crippen LogP contribution >= 0.6 is 12.4 Å². The lowest BCUT2D eigenvalue weighted by molar-refractivity contribution is -0.00868. The lowest BCUT2D eigenvalue weighted by Gasteiger charge is -2.44. The molecule has 2 heterocycles. The van der Waals surface area contributed by atoms with Gasteiger partial charge in [0.2, 0.25) is 10.0 Å². The predicted octanol–water partition coefficient (Wildman–Crippen LogP) is 3.20. The molecule has 31 heavy (non-hydrogen) atoms. The number of carbonyl (C=O) groups is 1. The quantitative estimate of drug-likeness (QED) is 0.710. The van der Waals surface area contributed by atoms with Crippen LogP contribution in [0.2, 0.25) is 0 Å². The molecule has 6 nitrogen and oxygen atoms in total. The topological polar surface area (TPSA) is 75.7 Å². The van der Waals surface area contributed by atoms with E-state index in [1.54, 1.807) is 18.2 Å². The highest BCUT2D eigenvalue weighted by Crippen LogP contribution is 2.39. The number of nitrogens with zero attached hydrogens (tertiary/aromatic N) is 1. The second-order valence-electron chi connectivity index (χ2n) is 8.26. The smallest absolute Gasteiger partial charge is 0.215 e. The number of sulfonamides is 1. The Kier molecular flexibility index (Phi) is 7.42. The zero-order valence-corrected chi connectivity index (χ0v) is 19.3. The lowest BCUT2D eigenvalue weighted by atomic mass is 9.82. The molecule has 2 aliphatic rings. The van der Waals surface area contributed by atoms with E-state index in [1.165, 1.54) is 12.6 Å². The minimum Gasteiger partial charge on any atom is -0.486 e. The van der Waals surface area contributed by atoms with Gasteiger partial charge in [0.05, 0.1) is 17.7 Å². The van der Waals surface area contributed by atoms with Crippen LogP contribution in [0.3, 0.4) is 0 Å². The fourth-order valence-corrected chi connectivity index (χ4v) is 5.08. The Morgan fingerprint density at radius 1 is 1.06 bits per heavy atom. The van der Waals surface area contributed by atoms with Gasteiger partial charge < -0.3 is 9.64 Å². The third kappa shape index (κ3) is 5.66. The Hall–Kier alpha value is -1.93. The number of hydrogen-bond acceptors (Lipinski definition) is 5. The van der Waals surface area contributed by atoms with E-state index in [4.69, 9.17) is 4.74 Å². The molecule has 0 bridgehead atoms. The summed E-state index contributed by atoms with van der Waals surface area (Å²) in [6.45, 7) is 2.83. The van der Waals surface area contributed by atoms with Gasteiger partial charge in [-0.3, -0.25) is 4.79 Å². The van der Waals surface area contributed by atoms with Crippen LogP contribution in [0.5, 0.6) is 5.75 Å². The van der Waals surface area contributed by atoms with Crippen molar-refractivity contribution in [3.8, 4) is 5.75 Å². The number of rotatable bonds is 6. The molecule has 1 spiro atoms. The second kappa shape index (κ2) is 9.69. The minimum atomic E-state index is -3.38. The number of ketones is 1. The van der Waals surface area contributed by atoms with Crippen molar-refractivity contribution >= 4 is 28.2 Å². The van der Waals surface area contributed by atoms with Gasteiger partial charge in [0.25, 0.3) is 0 Å². The number of ether oxygens (including phenoxy) is 1. The highest BCUT2D eigenvalue weighted by molar-refractivity contribution is 7.88. The van der Waals surface area contributed by atoms with Crippen LogP contribution in [0.1, 0.15) is 40.7 Å². The van der Waals surface area contributed by atoms with Crippen LogP contribution in [-0.2, 0) is 22.2 Å². The molecular formula is C23H29ClN2O4S. The molecule has 0 aliphatic carbocycles. The van der Waals surface area contributed by atoms with E-state index in [2.05, 4.69) is 33.9 Å². The maximum absolute atomic E-state index is 12.9. The number of benzene rings is 2. The zero-order valence-electron chi connectivity index (χ0n) is 17.7. The van der Waals surface area contributed by atoms with Crippen LogP contribution < -0.4 is 9.46 Å². The van der Waals surface area contributed by atoms with Crippen molar-refractivity contribution in [3.63, 3.8) is 0 Å². The van der Waals surface area contributed by atoms with E-state index >= 15 is 0 Å². The first-order valence-electron chi connectivity index (χ1n) is 10.4. The molecule has 168 valence electrons. The normalized spacial score (nSPS) is 18.2. The summed E-state index contributed by atoms with van der Waals surface area (Å²) in [5.74, 6) is 0.471. The Labute approximate surface area is 190 Å². The number of carbonyl (C=O) groups excluding carboxylic acids is 1. The highest BCUT2D eigenvalue weighted by Gasteiger charge is 2.42. The van der Waals surface area contributed by atoms with E-state index in [0.717, 1.165) is 38.9 Å². The molecule has 8 heteroatoms. The highest BCUT2D eigenvalue weighted by atomic mass is 35.5. The summed E-state index contributed by atoms with van der Waals surface area (Å²) in [6.07, 6.45) is 3.02. The van der Waals surface area contributed by atoms with Crippen molar-refractivity contribution < 1.29 is 17.9 Å². The summed E-state index contributed by atoms with van der Waals surface area (Å²) >= 11 is 0. The van der Waals surface area contributed by atoms with E-state index in [9.17, 15) is 13.2 Å². The van der Waals surface area contributed by atoms with Gasteiger partial charge in [-0.2, -0.15) is 0 Å². The van der Waals surface area contributed by atoms with E-state index in [1.807, 2.05) is 6.07 Å². The zero-order chi connectivity index (χ0) is 21.2. The molecule has 1 saturated heterocycles. The minimum absolute atomic E-state index is 0. The molecule has 0 unspecified atom stereocenters. The fraction of sp³-hybridized carbons (Fsp3) is 0.435. The van der Waals surface area contributed by atoms with Crippen molar-refractivity contribution in [2.45, 2.75) is 37.0 Å². The predicted molar refractivity (Wildman–Crippen MR) is 124 cm³/mol. The molecule has 2 aromatic rings. The van der Waals surface area contributed by atoms with E-state index in [0.29, 0.717) is 23.3 Å². The molecule has 0 saturated carbocycles. The standard InChI is InChI=1S/C23H28N2O4S.ClH/c1-24-30(27,28)17-19-7-8-22-20(15-19)21(26)16-23(29-22)10-13-25(14-11-23)12-9-18-5-3-2-4-6-18;/h2-8,15,24H,9-14,16-17H2,1H3;1H. The Morgan fingerprint density at radius 3 is 2.45 bits per heavy atom. The van der Waals surface area contributed by atoms with Crippen LogP contribution in [-0.4, -0.2) is 51.4 Å². The largest absolute Gasteiger partial charge is 0.486 e. The third-order valence-corrected chi connectivity index (χ3v) is 7.48. The van der Waals surface area contributed by atoms with Gasteiger partial charge in [0.15, 0.2) is 5.78 Å². The molecule has 1 N–H and O–H groups in total. The summed E-state index contributed by atoms with van der Waals surface area (Å²) in [6, 6.07) is 15.6. The number of fused-ring (bicyclic) bond motifs is 1. The first-order chi connectivity index (χ1) is 14.4. The molecule has 1 fully saturated rings. The summed E-state index contributed by atoms with van der Waals surface area (Å²) in [5.41, 5.74) is 1.99. The third-order valence-electron chi connectivity index (χ3n) is 6.15. The molecule has 0 atom stereocenters. The van der Waals surface area contributed by atoms with E-state index in [-0.39, 0.29) is 23.9 Å². The first-order valence-corrected chi connectivity index (χ1v) is 12.1. The molecular weight excluding hydrogens is 436 g/mol. The maximum Gasteiger partial charge on any atom is 0.215 e. The van der Waals surface area contributed by atoms with Gasteiger partial charge >= 0.3 is 0 Å². The Balaban J connectivity index is 0.00000272. The van der Waals surface area contributed by atoms with Crippen LogP contribution in [0.4, 0.5) is 0 Å². The summed E-state index contributed by atoms with van der Waals surface area (Å²) in [5, 5.41) is 0. The molecule has 0 radical (unpaired) electrons. The summed E-state index contributed by atoms with van der Waals surface area (Å²) in [7, 11) is -2.00. The first kappa shape index (κ1) is 23.7. The molecule has 2 aromatic carbocycles. The van der Waals surface area contributed by atoms with Gasteiger partial charge in [0, 0.05) is 32.5 Å². The number of halogens is 1. The number of piperidine rings is 1. The van der Waals surface area contributed by atoms with Crippen LogP contribution in [0.15, 0.2) is 48.5 Å². The van der Waals surface area contributed by atoms with Gasteiger partial charge in [-0.15, -0.1) is 12.4 Å². The SMILES string of the molecule is CNS(=O)(=O)Cc1ccc2c(c1)C(=O)CC1(CCN(CCc3ccccc3)CC1)O2.Cl. The van der Waals surface area contributed by atoms with Gasteiger partial charge in [-0.1, -0.05) is 36.4 Å². The van der Waals surface area contributed by atoms with Gasteiger partial charge in [-0.05, 0) is 36.7 Å². The van der Waals surface area contributed by atoms with Crippen molar-refractivity contribution in [3.05, 3.63) is 65.2 Å². The summed E-state index contributed by atoms with van der Waals surface area (Å²) < 4.78 is 32.3. The van der Waals surface area contributed by atoms with Gasteiger partial charge in [0.1, 0.15) is 11.4 Å². The number of nitrogens with one attached hydrogen (secondary N) is 1. The Bertz CT molecular complexity index is 1020. The average molecular weight is 465 g/mol.